The third-order valence-corrected chi connectivity index (χ3v) is 6.22. The van der Waals surface area contributed by atoms with E-state index >= 15 is 0 Å². The number of nitrogens with zero attached hydrogens (tertiary/aromatic N) is 5. The molecule has 0 spiro atoms. The SMILES string of the molecule is C=CC(=O)N1CC[C@@H](Oc2cnccc2-c2ccc(CNC(=O)c3cn(C(C)(C)C)nn3)c(C)c2)C1. The topological polar surface area (TPSA) is 102 Å². The maximum Gasteiger partial charge on any atom is 0.273 e. The van der Waals surface area contributed by atoms with Crippen LogP contribution in [0.1, 0.15) is 48.8 Å². The molecule has 0 radical (unpaired) electrons. The van der Waals surface area contributed by atoms with Crippen molar-refractivity contribution < 1.29 is 14.3 Å². The summed E-state index contributed by atoms with van der Waals surface area (Å²) in [5.41, 5.74) is 4.01. The van der Waals surface area contributed by atoms with Crippen LogP contribution in [-0.4, -0.2) is 55.9 Å². The summed E-state index contributed by atoms with van der Waals surface area (Å²) < 4.78 is 7.92. The highest BCUT2D eigenvalue weighted by Crippen LogP contribution is 2.32. The Kier molecular flexibility index (Phi) is 7.19. The Bertz CT molecular complexity index is 1280. The third kappa shape index (κ3) is 5.62. The average Bonchev–Trinajstić information content (AvgIpc) is 3.53. The fourth-order valence-electron chi connectivity index (χ4n) is 4.07. The van der Waals surface area contributed by atoms with E-state index in [1.165, 1.54) is 6.08 Å². The molecule has 3 heterocycles. The Balaban J connectivity index is 1.43. The number of nitrogens with one attached hydrogen (secondary N) is 1. The van der Waals surface area contributed by atoms with E-state index in [-0.39, 0.29) is 29.2 Å². The fourth-order valence-corrected chi connectivity index (χ4v) is 4.07. The van der Waals surface area contributed by atoms with Crippen molar-refractivity contribution in [1.82, 2.24) is 30.2 Å². The number of aromatic nitrogens is 4. The van der Waals surface area contributed by atoms with Crippen molar-refractivity contribution in [2.45, 2.75) is 52.3 Å². The van der Waals surface area contributed by atoms with E-state index < -0.39 is 0 Å². The maximum atomic E-state index is 12.6. The summed E-state index contributed by atoms with van der Waals surface area (Å²) >= 11 is 0. The molecule has 0 saturated carbocycles. The molecule has 1 aliphatic heterocycles. The quantitative estimate of drug-likeness (QED) is 0.511. The predicted octanol–water partition coefficient (Wildman–Crippen LogP) is 3.50. The second-order valence-corrected chi connectivity index (χ2v) is 9.93. The van der Waals surface area contributed by atoms with Crippen LogP contribution < -0.4 is 10.1 Å². The van der Waals surface area contributed by atoms with Gasteiger partial charge in [-0.25, -0.2) is 4.68 Å². The van der Waals surface area contributed by atoms with Crippen molar-refractivity contribution in [2.75, 3.05) is 13.1 Å². The first-order valence-corrected chi connectivity index (χ1v) is 12.0. The van der Waals surface area contributed by atoms with Crippen molar-refractivity contribution in [3.63, 3.8) is 0 Å². The molecule has 0 aliphatic carbocycles. The van der Waals surface area contributed by atoms with E-state index in [1.54, 1.807) is 28.2 Å². The number of carbonyl (C=O) groups is 2. The van der Waals surface area contributed by atoms with Gasteiger partial charge in [0.25, 0.3) is 5.91 Å². The minimum Gasteiger partial charge on any atom is -0.486 e. The number of rotatable bonds is 7. The van der Waals surface area contributed by atoms with Crippen molar-refractivity contribution in [2.24, 2.45) is 0 Å². The van der Waals surface area contributed by atoms with Gasteiger partial charge < -0.3 is 15.0 Å². The Morgan fingerprint density at radius 1 is 1.28 bits per heavy atom. The Morgan fingerprint density at radius 2 is 2.08 bits per heavy atom. The van der Waals surface area contributed by atoms with Crippen LogP contribution in [0, 0.1) is 6.92 Å². The Morgan fingerprint density at radius 3 is 2.78 bits per heavy atom. The van der Waals surface area contributed by atoms with Crippen LogP contribution in [0.5, 0.6) is 5.75 Å². The van der Waals surface area contributed by atoms with Crippen LogP contribution in [-0.2, 0) is 16.9 Å². The smallest absolute Gasteiger partial charge is 0.273 e. The molecule has 4 rings (SSSR count). The molecule has 9 nitrogen and oxygen atoms in total. The number of benzene rings is 1. The van der Waals surface area contributed by atoms with Crippen LogP contribution in [0.15, 0.2) is 55.5 Å². The van der Waals surface area contributed by atoms with E-state index in [2.05, 4.69) is 33.3 Å². The predicted molar refractivity (Wildman–Crippen MR) is 136 cm³/mol. The molecule has 0 unspecified atom stereocenters. The molecule has 188 valence electrons. The van der Waals surface area contributed by atoms with Gasteiger partial charge in [0.2, 0.25) is 5.91 Å². The second kappa shape index (κ2) is 10.3. The molecule has 3 aromatic rings. The molecule has 1 atom stereocenters. The van der Waals surface area contributed by atoms with E-state index in [0.717, 1.165) is 28.7 Å². The molecule has 36 heavy (non-hydrogen) atoms. The number of likely N-dealkylation sites (tertiary alicyclic amines) is 1. The minimum atomic E-state index is -0.265. The number of aryl methyl sites for hydroxylation is 1. The number of amides is 2. The van der Waals surface area contributed by atoms with Gasteiger partial charge in [0.15, 0.2) is 5.69 Å². The largest absolute Gasteiger partial charge is 0.486 e. The summed E-state index contributed by atoms with van der Waals surface area (Å²) in [5.74, 6) is 0.335. The summed E-state index contributed by atoms with van der Waals surface area (Å²) in [6.07, 6.45) is 7.10. The molecule has 9 heteroatoms. The van der Waals surface area contributed by atoms with Gasteiger partial charge in [-0.3, -0.25) is 14.6 Å². The molecule has 1 aliphatic rings. The van der Waals surface area contributed by atoms with Crippen molar-refractivity contribution in [3.05, 3.63) is 72.3 Å². The lowest BCUT2D eigenvalue weighted by Gasteiger charge is -2.18. The molecule has 1 fully saturated rings. The van der Waals surface area contributed by atoms with Crippen molar-refractivity contribution >= 4 is 11.8 Å². The standard InChI is InChI=1S/C27H32N6O3/c1-6-25(34)32-12-10-21(16-32)36-24-15-28-11-9-22(24)19-7-8-20(18(2)13-19)14-29-26(35)23-17-33(31-30-23)27(3,4)5/h6-9,11,13,15,17,21H,1,10,12,14,16H2,2-5H3,(H,29,35)/t21-/m1/s1. The van der Waals surface area contributed by atoms with Crippen LogP contribution in [0.3, 0.4) is 0 Å². The van der Waals surface area contributed by atoms with Gasteiger partial charge in [0.05, 0.1) is 24.5 Å². The van der Waals surface area contributed by atoms with E-state index in [1.807, 2.05) is 45.9 Å². The van der Waals surface area contributed by atoms with Gasteiger partial charge in [-0.2, -0.15) is 0 Å². The van der Waals surface area contributed by atoms with Crippen molar-refractivity contribution in [3.8, 4) is 16.9 Å². The molecular weight excluding hydrogens is 456 g/mol. The highest BCUT2D eigenvalue weighted by molar-refractivity contribution is 5.91. The monoisotopic (exact) mass is 488 g/mol. The third-order valence-electron chi connectivity index (χ3n) is 6.22. The van der Waals surface area contributed by atoms with Crippen LogP contribution >= 0.6 is 0 Å². The number of pyridine rings is 1. The minimum absolute atomic E-state index is 0.0790. The summed E-state index contributed by atoms with van der Waals surface area (Å²) in [6.45, 7) is 13.1. The highest BCUT2D eigenvalue weighted by Gasteiger charge is 2.27. The zero-order chi connectivity index (χ0) is 25.9. The van der Waals surface area contributed by atoms with E-state index in [9.17, 15) is 9.59 Å². The number of carbonyl (C=O) groups excluding carboxylic acids is 2. The number of ether oxygens (including phenoxy) is 1. The lowest BCUT2D eigenvalue weighted by atomic mass is 10.00. The molecule has 1 saturated heterocycles. The maximum absolute atomic E-state index is 12.6. The molecular formula is C27H32N6O3. The Labute approximate surface area is 211 Å². The zero-order valence-corrected chi connectivity index (χ0v) is 21.2. The number of hydrogen-bond donors (Lipinski definition) is 1. The molecule has 1 aromatic carbocycles. The first-order chi connectivity index (χ1) is 17.2. The second-order valence-electron chi connectivity index (χ2n) is 9.93. The lowest BCUT2D eigenvalue weighted by molar-refractivity contribution is -0.125. The fraction of sp³-hybridized carbons (Fsp3) is 0.370. The molecule has 2 aromatic heterocycles. The Hall–Kier alpha value is -4.01. The van der Waals surface area contributed by atoms with E-state index in [0.29, 0.717) is 25.4 Å². The van der Waals surface area contributed by atoms with Crippen molar-refractivity contribution in [1.29, 1.82) is 0 Å². The van der Waals surface area contributed by atoms with Crippen LogP contribution in [0.2, 0.25) is 0 Å². The molecule has 1 N–H and O–H groups in total. The first kappa shape index (κ1) is 25.1. The van der Waals surface area contributed by atoms with Crippen LogP contribution in [0.25, 0.3) is 11.1 Å². The van der Waals surface area contributed by atoms with Gasteiger partial charge in [0, 0.05) is 31.3 Å². The highest BCUT2D eigenvalue weighted by atomic mass is 16.5. The lowest BCUT2D eigenvalue weighted by Crippen LogP contribution is -2.29. The van der Waals surface area contributed by atoms with E-state index in [4.69, 9.17) is 4.74 Å². The first-order valence-electron chi connectivity index (χ1n) is 12.0. The van der Waals surface area contributed by atoms with Gasteiger partial charge in [-0.05, 0) is 56.5 Å². The summed E-state index contributed by atoms with van der Waals surface area (Å²) in [6, 6.07) is 8.00. The normalized spacial score (nSPS) is 15.6. The summed E-state index contributed by atoms with van der Waals surface area (Å²) in [7, 11) is 0. The number of hydrogen-bond acceptors (Lipinski definition) is 6. The summed E-state index contributed by atoms with van der Waals surface area (Å²) in [5, 5.41) is 11.0. The van der Waals surface area contributed by atoms with Gasteiger partial charge in [0.1, 0.15) is 11.9 Å². The molecule has 0 bridgehead atoms. The summed E-state index contributed by atoms with van der Waals surface area (Å²) in [4.78, 5) is 30.4. The zero-order valence-electron chi connectivity index (χ0n) is 21.2. The molecule has 2 amide bonds. The van der Waals surface area contributed by atoms with Gasteiger partial charge in [-0.1, -0.05) is 30.0 Å². The van der Waals surface area contributed by atoms with Crippen LogP contribution in [0.4, 0.5) is 0 Å². The van der Waals surface area contributed by atoms with Gasteiger partial charge in [-0.15, -0.1) is 5.10 Å². The average molecular weight is 489 g/mol. The van der Waals surface area contributed by atoms with Gasteiger partial charge >= 0.3 is 0 Å².